The highest BCUT2D eigenvalue weighted by Gasteiger charge is 2.14. The van der Waals surface area contributed by atoms with Gasteiger partial charge in [0.25, 0.3) is 0 Å². The molecule has 2 nitrogen and oxygen atoms in total. The van der Waals surface area contributed by atoms with Gasteiger partial charge >= 0.3 is 0 Å². The summed E-state index contributed by atoms with van der Waals surface area (Å²) in [4.78, 5) is 0.933. The maximum atomic E-state index is 9.40. The van der Waals surface area contributed by atoms with Gasteiger partial charge in [0.1, 0.15) is 11.2 Å². The molecule has 0 fully saturated rings. The van der Waals surface area contributed by atoms with Crippen LogP contribution in [-0.2, 0) is 0 Å². The van der Waals surface area contributed by atoms with Crippen LogP contribution in [0.25, 0.3) is 10.5 Å². The first kappa shape index (κ1) is 16.9. The zero-order valence-electron chi connectivity index (χ0n) is 13.8. The van der Waals surface area contributed by atoms with E-state index in [0.29, 0.717) is 0 Å². The summed E-state index contributed by atoms with van der Waals surface area (Å²) in [6, 6.07) is 28.2. The lowest BCUT2D eigenvalue weighted by molar-refractivity contribution is 0.415. The zero-order valence-corrected chi connectivity index (χ0v) is 14.7. The number of rotatable bonds is 5. The van der Waals surface area contributed by atoms with Crippen LogP contribution in [0.4, 0.5) is 0 Å². The standard InChI is InChI=1S/C22H17NOS/c1-24-20-14-12-19(13-15-20)22(25-16-23)21(17-8-4-2-5-9-17)18-10-6-3-7-11-18/h2-15H,1H3. The molecular formula is C22H17NOS. The minimum atomic E-state index is 0.797. The highest BCUT2D eigenvalue weighted by Crippen LogP contribution is 2.39. The molecule has 3 aromatic rings. The van der Waals surface area contributed by atoms with E-state index in [-0.39, 0.29) is 0 Å². The molecule has 0 N–H and O–H groups in total. The summed E-state index contributed by atoms with van der Waals surface area (Å²) in [5.41, 5.74) is 4.22. The Kier molecular flexibility index (Phi) is 5.56. The molecule has 3 rings (SSSR count). The number of benzene rings is 3. The van der Waals surface area contributed by atoms with Gasteiger partial charge in [-0.3, -0.25) is 0 Å². The SMILES string of the molecule is COc1ccc(C(SC#N)=C(c2ccccc2)c2ccccc2)cc1. The van der Waals surface area contributed by atoms with Crippen molar-refractivity contribution in [1.29, 1.82) is 5.26 Å². The van der Waals surface area contributed by atoms with Gasteiger partial charge in [-0.25, -0.2) is 0 Å². The second-order valence-electron chi connectivity index (χ2n) is 5.36. The van der Waals surface area contributed by atoms with Crippen LogP contribution in [0.1, 0.15) is 16.7 Å². The van der Waals surface area contributed by atoms with E-state index >= 15 is 0 Å². The summed E-state index contributed by atoms with van der Waals surface area (Å²) in [5.74, 6) is 0.797. The molecule has 25 heavy (non-hydrogen) atoms. The van der Waals surface area contributed by atoms with Gasteiger partial charge in [0.05, 0.1) is 7.11 Å². The Morgan fingerprint density at radius 1 is 0.760 bits per heavy atom. The van der Waals surface area contributed by atoms with Crippen molar-refractivity contribution in [1.82, 2.24) is 0 Å². The van der Waals surface area contributed by atoms with Crippen LogP contribution in [0.5, 0.6) is 5.75 Å². The van der Waals surface area contributed by atoms with Gasteiger partial charge in [0, 0.05) is 10.5 Å². The second kappa shape index (κ2) is 8.23. The van der Waals surface area contributed by atoms with E-state index in [0.717, 1.165) is 32.9 Å². The molecule has 0 aliphatic carbocycles. The zero-order chi connectivity index (χ0) is 17.5. The Bertz CT molecular complexity index is 853. The molecule has 0 aliphatic rings. The van der Waals surface area contributed by atoms with E-state index in [4.69, 9.17) is 4.74 Å². The van der Waals surface area contributed by atoms with Crippen LogP contribution < -0.4 is 4.74 Å². The summed E-state index contributed by atoms with van der Waals surface area (Å²) in [6.07, 6.45) is 0. The summed E-state index contributed by atoms with van der Waals surface area (Å²) < 4.78 is 5.25. The van der Waals surface area contributed by atoms with Crippen LogP contribution in [-0.4, -0.2) is 7.11 Å². The lowest BCUT2D eigenvalue weighted by Crippen LogP contribution is -1.93. The Morgan fingerprint density at radius 2 is 1.28 bits per heavy atom. The number of hydrogen-bond donors (Lipinski definition) is 0. The minimum Gasteiger partial charge on any atom is -0.497 e. The number of ether oxygens (including phenoxy) is 1. The highest BCUT2D eigenvalue weighted by molar-refractivity contribution is 8.12. The normalized spacial score (nSPS) is 9.92. The van der Waals surface area contributed by atoms with E-state index in [9.17, 15) is 5.26 Å². The van der Waals surface area contributed by atoms with Crippen LogP contribution in [0.15, 0.2) is 84.9 Å². The van der Waals surface area contributed by atoms with Crippen molar-refractivity contribution >= 4 is 22.2 Å². The average molecular weight is 343 g/mol. The quantitative estimate of drug-likeness (QED) is 0.432. The molecule has 3 aromatic carbocycles. The Balaban J connectivity index is 2.25. The minimum absolute atomic E-state index is 0.797. The molecule has 0 aromatic heterocycles. The van der Waals surface area contributed by atoms with Gasteiger partial charge in [0.15, 0.2) is 0 Å². The largest absolute Gasteiger partial charge is 0.497 e. The fourth-order valence-electron chi connectivity index (χ4n) is 2.68. The van der Waals surface area contributed by atoms with Crippen LogP contribution in [0, 0.1) is 10.7 Å². The van der Waals surface area contributed by atoms with E-state index in [2.05, 4.69) is 29.7 Å². The van der Waals surface area contributed by atoms with Crippen molar-refractivity contribution in [2.24, 2.45) is 0 Å². The number of thiocyanates is 1. The summed E-state index contributed by atoms with van der Waals surface area (Å²) in [5, 5.41) is 11.6. The van der Waals surface area contributed by atoms with E-state index in [1.165, 1.54) is 11.8 Å². The summed E-state index contributed by atoms with van der Waals surface area (Å²) in [7, 11) is 1.65. The van der Waals surface area contributed by atoms with E-state index in [1.54, 1.807) is 7.11 Å². The topological polar surface area (TPSA) is 33.0 Å². The molecule has 0 bridgehead atoms. The molecule has 0 unspecified atom stereocenters. The molecule has 0 aliphatic heterocycles. The molecule has 0 radical (unpaired) electrons. The molecule has 0 amide bonds. The Hall–Kier alpha value is -2.96. The van der Waals surface area contributed by atoms with Crippen molar-refractivity contribution in [3.05, 3.63) is 102 Å². The van der Waals surface area contributed by atoms with E-state index < -0.39 is 0 Å². The van der Waals surface area contributed by atoms with Crippen molar-refractivity contribution < 1.29 is 4.74 Å². The number of nitriles is 1. The molecule has 0 spiro atoms. The molecular weight excluding hydrogens is 326 g/mol. The van der Waals surface area contributed by atoms with Crippen molar-refractivity contribution in [2.45, 2.75) is 0 Å². The first-order chi connectivity index (χ1) is 12.3. The predicted molar refractivity (Wildman–Crippen MR) is 105 cm³/mol. The summed E-state index contributed by atoms with van der Waals surface area (Å²) in [6.45, 7) is 0. The first-order valence-electron chi connectivity index (χ1n) is 7.89. The highest BCUT2D eigenvalue weighted by atomic mass is 32.2. The fourth-order valence-corrected chi connectivity index (χ4v) is 3.36. The van der Waals surface area contributed by atoms with Gasteiger partial charge in [-0.15, -0.1) is 0 Å². The molecule has 0 saturated heterocycles. The van der Waals surface area contributed by atoms with Crippen LogP contribution in [0.2, 0.25) is 0 Å². The van der Waals surface area contributed by atoms with Gasteiger partial charge in [-0.05, 0) is 40.6 Å². The molecule has 122 valence electrons. The molecule has 0 saturated carbocycles. The average Bonchev–Trinajstić information content (AvgIpc) is 2.69. The van der Waals surface area contributed by atoms with Gasteiger partial charge < -0.3 is 4.74 Å². The van der Waals surface area contributed by atoms with Crippen molar-refractivity contribution in [3.8, 4) is 11.2 Å². The van der Waals surface area contributed by atoms with Crippen LogP contribution in [0.3, 0.4) is 0 Å². The number of thioether (sulfide) groups is 1. The number of methoxy groups -OCH3 is 1. The first-order valence-corrected chi connectivity index (χ1v) is 8.70. The van der Waals surface area contributed by atoms with Gasteiger partial charge in [0.2, 0.25) is 0 Å². The third-order valence-electron chi connectivity index (χ3n) is 3.85. The summed E-state index contributed by atoms with van der Waals surface area (Å²) >= 11 is 1.19. The fraction of sp³-hybridized carbons (Fsp3) is 0.0455. The van der Waals surface area contributed by atoms with Crippen molar-refractivity contribution in [2.75, 3.05) is 7.11 Å². The maximum Gasteiger partial charge on any atom is 0.138 e. The molecule has 0 heterocycles. The van der Waals surface area contributed by atoms with Crippen LogP contribution >= 0.6 is 11.8 Å². The Labute approximate surface area is 152 Å². The second-order valence-corrected chi connectivity index (χ2v) is 6.15. The maximum absolute atomic E-state index is 9.40. The molecule has 0 atom stereocenters. The third-order valence-corrected chi connectivity index (χ3v) is 4.59. The van der Waals surface area contributed by atoms with E-state index in [1.807, 2.05) is 60.7 Å². The predicted octanol–water partition coefficient (Wildman–Crippen LogP) is 5.83. The van der Waals surface area contributed by atoms with Gasteiger partial charge in [-0.2, -0.15) is 5.26 Å². The van der Waals surface area contributed by atoms with Gasteiger partial charge in [-0.1, -0.05) is 72.8 Å². The lowest BCUT2D eigenvalue weighted by Gasteiger charge is -2.15. The third kappa shape index (κ3) is 3.93. The van der Waals surface area contributed by atoms with Crippen molar-refractivity contribution in [3.63, 3.8) is 0 Å². The number of hydrogen-bond acceptors (Lipinski definition) is 3. The smallest absolute Gasteiger partial charge is 0.138 e. The lowest BCUT2D eigenvalue weighted by atomic mass is 9.95. The monoisotopic (exact) mass is 343 g/mol. The Morgan fingerprint density at radius 3 is 1.72 bits per heavy atom. The molecule has 3 heteroatoms. The number of nitrogens with zero attached hydrogens (tertiary/aromatic N) is 1.